The van der Waals surface area contributed by atoms with Crippen LogP contribution in [0.3, 0.4) is 0 Å². The standard InChI is InChI=1S/C19H25N3O5/c1-12(23)20-7-4-8-21-18(24)6-5-13-9-14-10-16(26-2)17(27-3)11-15(14)22-19(13)25/h9-11H,4-8H2,1-3H3,(H,20,23)(H,21,24)(H,22,25). The van der Waals surface area contributed by atoms with Gasteiger partial charge < -0.3 is 25.1 Å². The van der Waals surface area contributed by atoms with Crippen LogP contribution in [0.5, 0.6) is 11.5 Å². The second-order valence-electron chi connectivity index (χ2n) is 6.10. The van der Waals surface area contributed by atoms with E-state index in [9.17, 15) is 14.4 Å². The summed E-state index contributed by atoms with van der Waals surface area (Å²) in [6, 6.07) is 5.26. The Hall–Kier alpha value is -3.03. The Balaban J connectivity index is 1.98. The molecule has 8 heteroatoms. The van der Waals surface area contributed by atoms with Crippen LogP contribution in [-0.4, -0.2) is 44.1 Å². The number of aromatic amines is 1. The van der Waals surface area contributed by atoms with Crippen molar-refractivity contribution in [2.24, 2.45) is 0 Å². The Labute approximate surface area is 157 Å². The van der Waals surface area contributed by atoms with E-state index >= 15 is 0 Å². The highest BCUT2D eigenvalue weighted by Crippen LogP contribution is 2.31. The summed E-state index contributed by atoms with van der Waals surface area (Å²) in [6.45, 7) is 2.45. The van der Waals surface area contributed by atoms with Crippen molar-refractivity contribution < 1.29 is 19.1 Å². The van der Waals surface area contributed by atoms with Gasteiger partial charge in [-0.2, -0.15) is 0 Å². The first-order valence-electron chi connectivity index (χ1n) is 8.73. The van der Waals surface area contributed by atoms with E-state index in [1.54, 1.807) is 25.3 Å². The number of H-pyrrole nitrogens is 1. The molecule has 0 aliphatic heterocycles. The van der Waals surface area contributed by atoms with Crippen LogP contribution in [0, 0.1) is 0 Å². The number of aryl methyl sites for hydroxylation is 1. The van der Waals surface area contributed by atoms with Gasteiger partial charge in [-0.15, -0.1) is 0 Å². The third kappa shape index (κ3) is 5.73. The lowest BCUT2D eigenvalue weighted by Crippen LogP contribution is -2.29. The first kappa shape index (κ1) is 20.3. The number of hydrogen-bond acceptors (Lipinski definition) is 5. The molecule has 0 aliphatic carbocycles. The SMILES string of the molecule is COc1cc2cc(CCC(=O)NCCCNC(C)=O)c(=O)[nH]c2cc1OC. The van der Waals surface area contributed by atoms with E-state index in [1.165, 1.54) is 14.0 Å². The highest BCUT2D eigenvalue weighted by molar-refractivity contribution is 5.83. The van der Waals surface area contributed by atoms with Gasteiger partial charge in [-0.1, -0.05) is 0 Å². The van der Waals surface area contributed by atoms with Crippen molar-refractivity contribution in [1.82, 2.24) is 15.6 Å². The van der Waals surface area contributed by atoms with Gasteiger partial charge in [-0.05, 0) is 25.0 Å². The number of amides is 2. The first-order valence-corrected chi connectivity index (χ1v) is 8.73. The van der Waals surface area contributed by atoms with Gasteiger partial charge in [0.25, 0.3) is 5.56 Å². The molecule has 0 radical (unpaired) electrons. The second-order valence-corrected chi connectivity index (χ2v) is 6.10. The van der Waals surface area contributed by atoms with Crippen molar-refractivity contribution in [2.75, 3.05) is 27.3 Å². The number of benzene rings is 1. The Morgan fingerprint density at radius 1 is 1.04 bits per heavy atom. The van der Waals surface area contributed by atoms with Crippen molar-refractivity contribution >= 4 is 22.7 Å². The summed E-state index contributed by atoms with van der Waals surface area (Å²) in [4.78, 5) is 37.8. The van der Waals surface area contributed by atoms with Crippen LogP contribution in [0.2, 0.25) is 0 Å². The summed E-state index contributed by atoms with van der Waals surface area (Å²) < 4.78 is 10.5. The van der Waals surface area contributed by atoms with Gasteiger partial charge >= 0.3 is 0 Å². The van der Waals surface area contributed by atoms with E-state index in [-0.39, 0.29) is 23.8 Å². The third-order valence-electron chi connectivity index (χ3n) is 4.10. The van der Waals surface area contributed by atoms with Gasteiger partial charge in [0.05, 0.1) is 19.7 Å². The third-order valence-corrected chi connectivity index (χ3v) is 4.10. The van der Waals surface area contributed by atoms with Crippen LogP contribution in [0.25, 0.3) is 10.9 Å². The lowest BCUT2D eigenvalue weighted by Gasteiger charge is -2.10. The maximum absolute atomic E-state index is 12.3. The molecule has 146 valence electrons. The average Bonchev–Trinajstić information content (AvgIpc) is 2.64. The zero-order valence-corrected chi connectivity index (χ0v) is 15.8. The molecule has 27 heavy (non-hydrogen) atoms. The fraction of sp³-hybridized carbons (Fsp3) is 0.421. The predicted octanol–water partition coefficient (Wildman–Crippen LogP) is 1.12. The zero-order chi connectivity index (χ0) is 19.8. The Morgan fingerprint density at radius 2 is 1.70 bits per heavy atom. The molecule has 0 fully saturated rings. The Bertz CT molecular complexity index is 876. The molecule has 0 saturated carbocycles. The molecule has 1 aromatic carbocycles. The Morgan fingerprint density at radius 3 is 2.37 bits per heavy atom. The van der Waals surface area contributed by atoms with Gasteiger partial charge in [0.15, 0.2) is 11.5 Å². The molecule has 2 aromatic rings. The summed E-state index contributed by atoms with van der Waals surface area (Å²) in [5.74, 6) is 0.877. The highest BCUT2D eigenvalue weighted by atomic mass is 16.5. The molecule has 0 spiro atoms. The molecule has 1 heterocycles. The molecule has 0 atom stereocenters. The number of carbonyl (C=O) groups excluding carboxylic acids is 2. The number of carbonyl (C=O) groups is 2. The smallest absolute Gasteiger partial charge is 0.251 e. The van der Waals surface area contributed by atoms with Crippen molar-refractivity contribution in [3.8, 4) is 11.5 Å². The molecule has 0 bridgehead atoms. The minimum atomic E-state index is -0.229. The topological polar surface area (TPSA) is 110 Å². The molecule has 0 saturated heterocycles. The minimum absolute atomic E-state index is 0.0916. The van der Waals surface area contributed by atoms with E-state index in [0.717, 1.165) is 5.39 Å². The molecular weight excluding hydrogens is 350 g/mol. The Kier molecular flexibility index (Phi) is 7.22. The van der Waals surface area contributed by atoms with Gasteiger partial charge in [0.1, 0.15) is 0 Å². The van der Waals surface area contributed by atoms with Crippen LogP contribution >= 0.6 is 0 Å². The number of aromatic nitrogens is 1. The number of nitrogens with one attached hydrogen (secondary N) is 3. The molecule has 2 rings (SSSR count). The van der Waals surface area contributed by atoms with E-state index in [0.29, 0.717) is 48.5 Å². The van der Waals surface area contributed by atoms with Crippen molar-refractivity contribution in [2.45, 2.75) is 26.2 Å². The summed E-state index contributed by atoms with van der Waals surface area (Å²) in [5, 5.41) is 6.25. The number of methoxy groups -OCH3 is 2. The normalized spacial score (nSPS) is 10.5. The second kappa shape index (κ2) is 9.61. The van der Waals surface area contributed by atoms with Crippen LogP contribution in [0.4, 0.5) is 0 Å². The van der Waals surface area contributed by atoms with Crippen LogP contribution in [0.15, 0.2) is 23.0 Å². The quantitative estimate of drug-likeness (QED) is 0.569. The zero-order valence-electron chi connectivity index (χ0n) is 15.8. The van der Waals surface area contributed by atoms with Gasteiger partial charge in [-0.3, -0.25) is 14.4 Å². The summed E-state index contributed by atoms with van der Waals surface area (Å²) in [6.07, 6.45) is 1.20. The predicted molar refractivity (Wildman–Crippen MR) is 102 cm³/mol. The van der Waals surface area contributed by atoms with E-state index in [2.05, 4.69) is 15.6 Å². The molecule has 0 unspecified atom stereocenters. The van der Waals surface area contributed by atoms with E-state index in [1.807, 2.05) is 0 Å². The molecular formula is C19H25N3O5. The summed E-state index contributed by atoms with van der Waals surface area (Å²) in [5.41, 5.74) is 0.945. The molecule has 2 amide bonds. The maximum Gasteiger partial charge on any atom is 0.251 e. The number of pyridine rings is 1. The number of hydrogen-bond donors (Lipinski definition) is 3. The van der Waals surface area contributed by atoms with Crippen molar-refractivity contribution in [1.29, 1.82) is 0 Å². The fourth-order valence-corrected chi connectivity index (χ4v) is 2.68. The van der Waals surface area contributed by atoms with Crippen molar-refractivity contribution in [3.63, 3.8) is 0 Å². The number of fused-ring (bicyclic) bond motifs is 1. The molecule has 0 aliphatic rings. The van der Waals surface area contributed by atoms with E-state index in [4.69, 9.17) is 9.47 Å². The summed E-state index contributed by atoms with van der Waals surface area (Å²) >= 11 is 0. The van der Waals surface area contributed by atoms with Crippen molar-refractivity contribution in [3.05, 3.63) is 34.1 Å². The molecule has 3 N–H and O–H groups in total. The van der Waals surface area contributed by atoms with Gasteiger partial charge in [0, 0.05) is 43.5 Å². The first-order chi connectivity index (χ1) is 12.9. The number of ether oxygens (including phenoxy) is 2. The highest BCUT2D eigenvalue weighted by Gasteiger charge is 2.10. The fourth-order valence-electron chi connectivity index (χ4n) is 2.68. The maximum atomic E-state index is 12.3. The lowest BCUT2D eigenvalue weighted by atomic mass is 10.1. The van der Waals surface area contributed by atoms with Crippen LogP contribution < -0.4 is 25.7 Å². The van der Waals surface area contributed by atoms with Gasteiger partial charge in [-0.25, -0.2) is 0 Å². The minimum Gasteiger partial charge on any atom is -0.493 e. The van der Waals surface area contributed by atoms with E-state index < -0.39 is 0 Å². The van der Waals surface area contributed by atoms with Crippen LogP contribution in [0.1, 0.15) is 25.3 Å². The van der Waals surface area contributed by atoms with Gasteiger partial charge in [0.2, 0.25) is 11.8 Å². The summed E-state index contributed by atoms with van der Waals surface area (Å²) in [7, 11) is 3.08. The largest absolute Gasteiger partial charge is 0.493 e. The van der Waals surface area contributed by atoms with Crippen LogP contribution in [-0.2, 0) is 16.0 Å². The molecule has 8 nitrogen and oxygen atoms in total. The molecule has 1 aromatic heterocycles. The lowest BCUT2D eigenvalue weighted by molar-refractivity contribution is -0.121. The monoisotopic (exact) mass is 375 g/mol. The average molecular weight is 375 g/mol. The number of rotatable bonds is 9.